The third kappa shape index (κ3) is 4.91. The molecule has 0 aliphatic carbocycles. The Morgan fingerprint density at radius 2 is 2.00 bits per heavy atom. The van der Waals surface area contributed by atoms with Gasteiger partial charge in [0.25, 0.3) is 0 Å². The molecule has 0 aliphatic heterocycles. The molecule has 1 unspecified atom stereocenters. The van der Waals surface area contributed by atoms with Crippen molar-refractivity contribution in [3.63, 3.8) is 0 Å². The van der Waals surface area contributed by atoms with Gasteiger partial charge in [0.1, 0.15) is 0 Å². The van der Waals surface area contributed by atoms with Gasteiger partial charge < -0.3 is 10.1 Å². The molecule has 1 atom stereocenters. The van der Waals surface area contributed by atoms with E-state index < -0.39 is 10.0 Å². The minimum Gasteiger partial charge on any atom is -0.377 e. The minimum atomic E-state index is -3.50. The molecule has 0 aliphatic rings. The summed E-state index contributed by atoms with van der Waals surface area (Å²) in [5, 5.41) is 2.96. The van der Waals surface area contributed by atoms with Crippen molar-refractivity contribution in [1.82, 2.24) is 10.0 Å². The van der Waals surface area contributed by atoms with E-state index in [0.29, 0.717) is 18.0 Å². The van der Waals surface area contributed by atoms with E-state index in [1.807, 2.05) is 19.9 Å². The lowest BCUT2D eigenvalue weighted by atomic mass is 10.2. The van der Waals surface area contributed by atoms with Crippen LogP contribution in [0, 0.1) is 0 Å². The number of rotatable bonds is 8. The van der Waals surface area contributed by atoms with Crippen LogP contribution in [0.4, 0.5) is 0 Å². The number of sulfonamides is 1. The molecule has 0 heterocycles. The number of ether oxygens (including phenoxy) is 1. The van der Waals surface area contributed by atoms with Crippen molar-refractivity contribution in [1.29, 1.82) is 0 Å². The molecule has 0 aromatic heterocycles. The van der Waals surface area contributed by atoms with Crippen LogP contribution in [0.1, 0.15) is 19.4 Å². The number of nitrogens with one attached hydrogen (secondary N) is 2. The van der Waals surface area contributed by atoms with Gasteiger partial charge >= 0.3 is 0 Å². The summed E-state index contributed by atoms with van der Waals surface area (Å²) in [5.74, 6) is 0. The molecular weight excluding hydrogens is 264 g/mol. The molecule has 1 aromatic carbocycles. The molecule has 0 amide bonds. The Bertz CT molecular complexity index is 488. The molecule has 5 nitrogen and oxygen atoms in total. The van der Waals surface area contributed by atoms with Crippen LogP contribution in [-0.4, -0.2) is 34.7 Å². The first-order valence-electron chi connectivity index (χ1n) is 6.35. The fraction of sp³-hybridized carbons (Fsp3) is 0.538. The van der Waals surface area contributed by atoms with E-state index in [1.54, 1.807) is 25.2 Å². The van der Waals surface area contributed by atoms with Gasteiger partial charge in [-0.25, -0.2) is 13.1 Å². The average Bonchev–Trinajstić information content (AvgIpc) is 2.38. The summed E-state index contributed by atoms with van der Waals surface area (Å²) in [7, 11) is -1.71. The second kappa shape index (κ2) is 7.59. The van der Waals surface area contributed by atoms with Gasteiger partial charge in [0, 0.05) is 19.7 Å². The lowest BCUT2D eigenvalue weighted by Gasteiger charge is -2.14. The first kappa shape index (κ1) is 16.1. The van der Waals surface area contributed by atoms with Crippen LogP contribution in [0.2, 0.25) is 0 Å². The Labute approximate surface area is 115 Å². The SMILES string of the molecule is CCOC(C)CNS(=O)(=O)c1ccccc1CNC. The minimum absolute atomic E-state index is 0.142. The molecule has 1 rings (SSSR count). The summed E-state index contributed by atoms with van der Waals surface area (Å²) >= 11 is 0. The smallest absolute Gasteiger partial charge is 0.240 e. The molecule has 108 valence electrons. The first-order chi connectivity index (χ1) is 9.01. The molecule has 0 bridgehead atoms. The van der Waals surface area contributed by atoms with Gasteiger partial charge in [0.2, 0.25) is 10.0 Å². The van der Waals surface area contributed by atoms with Crippen LogP contribution < -0.4 is 10.0 Å². The summed E-state index contributed by atoms with van der Waals surface area (Å²) in [4.78, 5) is 0.313. The molecule has 0 radical (unpaired) electrons. The highest BCUT2D eigenvalue weighted by atomic mass is 32.2. The van der Waals surface area contributed by atoms with E-state index >= 15 is 0 Å². The Kier molecular flexibility index (Phi) is 6.44. The fourth-order valence-corrected chi connectivity index (χ4v) is 3.10. The zero-order valence-electron chi connectivity index (χ0n) is 11.6. The van der Waals surface area contributed by atoms with Crippen LogP contribution in [0.15, 0.2) is 29.2 Å². The average molecular weight is 286 g/mol. The maximum atomic E-state index is 12.2. The van der Waals surface area contributed by atoms with Gasteiger partial charge in [-0.2, -0.15) is 0 Å². The Morgan fingerprint density at radius 3 is 2.63 bits per heavy atom. The van der Waals surface area contributed by atoms with Crippen LogP contribution in [-0.2, 0) is 21.3 Å². The third-order valence-electron chi connectivity index (χ3n) is 2.64. The van der Waals surface area contributed by atoms with Crippen LogP contribution in [0.25, 0.3) is 0 Å². The molecular formula is C13H22N2O3S. The van der Waals surface area contributed by atoms with Gasteiger partial charge in [-0.3, -0.25) is 0 Å². The second-order valence-corrected chi connectivity index (χ2v) is 5.99. The van der Waals surface area contributed by atoms with Gasteiger partial charge in [-0.1, -0.05) is 18.2 Å². The van der Waals surface area contributed by atoms with E-state index in [9.17, 15) is 8.42 Å². The van der Waals surface area contributed by atoms with E-state index in [2.05, 4.69) is 10.0 Å². The summed E-state index contributed by atoms with van der Waals surface area (Å²) in [5.41, 5.74) is 0.751. The molecule has 6 heteroatoms. The Balaban J connectivity index is 2.82. The topological polar surface area (TPSA) is 67.4 Å². The van der Waals surface area contributed by atoms with Gasteiger partial charge in [0.05, 0.1) is 11.0 Å². The predicted octanol–water partition coefficient (Wildman–Crippen LogP) is 1.11. The largest absolute Gasteiger partial charge is 0.377 e. The maximum Gasteiger partial charge on any atom is 0.240 e. The van der Waals surface area contributed by atoms with E-state index in [-0.39, 0.29) is 12.6 Å². The molecule has 19 heavy (non-hydrogen) atoms. The predicted molar refractivity (Wildman–Crippen MR) is 75.5 cm³/mol. The van der Waals surface area contributed by atoms with Gasteiger partial charge in [0.15, 0.2) is 0 Å². The summed E-state index contributed by atoms with van der Waals surface area (Å²) in [6.45, 7) is 5.07. The van der Waals surface area contributed by atoms with Crippen molar-refractivity contribution in [3.8, 4) is 0 Å². The van der Waals surface area contributed by atoms with Crippen molar-refractivity contribution in [2.45, 2.75) is 31.4 Å². The zero-order valence-corrected chi connectivity index (χ0v) is 12.5. The Morgan fingerprint density at radius 1 is 1.32 bits per heavy atom. The summed E-state index contributed by atoms with van der Waals surface area (Å²) < 4.78 is 32.4. The van der Waals surface area contributed by atoms with Crippen molar-refractivity contribution < 1.29 is 13.2 Å². The summed E-state index contributed by atoms with van der Waals surface area (Å²) in [6, 6.07) is 6.96. The Hall–Kier alpha value is -0.950. The molecule has 1 aromatic rings. The van der Waals surface area contributed by atoms with Crippen LogP contribution in [0.3, 0.4) is 0 Å². The van der Waals surface area contributed by atoms with Gasteiger partial charge in [-0.15, -0.1) is 0 Å². The molecule has 0 fully saturated rings. The fourth-order valence-electron chi connectivity index (χ4n) is 1.75. The normalized spacial score (nSPS) is 13.4. The molecule has 0 saturated carbocycles. The lowest BCUT2D eigenvalue weighted by molar-refractivity contribution is 0.0799. The third-order valence-corrected chi connectivity index (χ3v) is 4.17. The zero-order chi connectivity index (χ0) is 14.3. The highest BCUT2D eigenvalue weighted by Crippen LogP contribution is 2.15. The van der Waals surface area contributed by atoms with Crippen molar-refractivity contribution >= 4 is 10.0 Å². The van der Waals surface area contributed by atoms with Crippen molar-refractivity contribution in [3.05, 3.63) is 29.8 Å². The lowest BCUT2D eigenvalue weighted by Crippen LogP contribution is -2.33. The molecule has 0 saturated heterocycles. The maximum absolute atomic E-state index is 12.2. The number of benzene rings is 1. The van der Waals surface area contributed by atoms with E-state index in [4.69, 9.17) is 4.74 Å². The number of hydrogen-bond acceptors (Lipinski definition) is 4. The standard InChI is InChI=1S/C13H22N2O3S/c1-4-18-11(2)9-15-19(16,17)13-8-6-5-7-12(13)10-14-3/h5-8,11,14-15H,4,9-10H2,1-3H3. The molecule has 0 spiro atoms. The highest BCUT2D eigenvalue weighted by molar-refractivity contribution is 7.89. The first-order valence-corrected chi connectivity index (χ1v) is 7.83. The van der Waals surface area contributed by atoms with E-state index in [0.717, 1.165) is 5.56 Å². The molecule has 2 N–H and O–H groups in total. The number of hydrogen-bond donors (Lipinski definition) is 2. The monoisotopic (exact) mass is 286 g/mol. The van der Waals surface area contributed by atoms with E-state index in [1.165, 1.54) is 0 Å². The van der Waals surface area contributed by atoms with Crippen molar-refractivity contribution in [2.24, 2.45) is 0 Å². The second-order valence-electron chi connectivity index (χ2n) is 4.26. The van der Waals surface area contributed by atoms with Crippen LogP contribution >= 0.6 is 0 Å². The highest BCUT2D eigenvalue weighted by Gasteiger charge is 2.18. The summed E-state index contributed by atoms with van der Waals surface area (Å²) in [6.07, 6.45) is -0.142. The van der Waals surface area contributed by atoms with Gasteiger partial charge in [-0.05, 0) is 32.5 Å². The van der Waals surface area contributed by atoms with Crippen molar-refractivity contribution in [2.75, 3.05) is 20.2 Å². The van der Waals surface area contributed by atoms with Crippen LogP contribution in [0.5, 0.6) is 0 Å². The quantitative estimate of drug-likeness (QED) is 0.751.